The van der Waals surface area contributed by atoms with E-state index in [4.69, 9.17) is 27.1 Å². The number of carbonyl (C=O) groups is 1. The van der Waals surface area contributed by atoms with Crippen molar-refractivity contribution in [2.75, 3.05) is 12.8 Å². The number of benzene rings is 3. The molecule has 0 fully saturated rings. The van der Waals surface area contributed by atoms with Crippen LogP contribution in [0.15, 0.2) is 84.9 Å². The number of rotatable bonds is 5. The van der Waals surface area contributed by atoms with Crippen LogP contribution in [0.2, 0.25) is 5.02 Å². The average Bonchev–Trinajstić information content (AvgIpc) is 3.20. The second kappa shape index (κ2) is 8.70. The van der Waals surface area contributed by atoms with Crippen molar-refractivity contribution < 1.29 is 9.53 Å². The minimum atomic E-state index is -0.203. The molecule has 6 heteroatoms. The quantitative estimate of drug-likeness (QED) is 0.278. The fourth-order valence-electron chi connectivity index (χ4n) is 3.81. The van der Waals surface area contributed by atoms with Crippen LogP contribution in [-0.2, 0) is 0 Å². The van der Waals surface area contributed by atoms with Crippen LogP contribution in [0.25, 0.3) is 32.6 Å². The Morgan fingerprint density at radius 2 is 1.64 bits per heavy atom. The summed E-state index contributed by atoms with van der Waals surface area (Å²) >= 11 is 7.59. The molecule has 0 atom stereocenters. The maximum absolute atomic E-state index is 13.3. The molecule has 4 nitrogen and oxygen atoms in total. The highest BCUT2D eigenvalue weighted by Gasteiger charge is 2.23. The summed E-state index contributed by atoms with van der Waals surface area (Å²) in [5.74, 6) is 0.571. The maximum Gasteiger partial charge on any atom is 0.206 e. The smallest absolute Gasteiger partial charge is 0.206 e. The molecule has 5 aromatic rings. The SMILES string of the molecule is COc1ccc(-c2cc(-c3ccccc3)c3c(N)c(C(=O)c4ccccc4Cl)sc3n2)cc1. The fourth-order valence-corrected chi connectivity index (χ4v) is 5.11. The number of hydrogen-bond acceptors (Lipinski definition) is 5. The molecule has 0 spiro atoms. The first-order valence-corrected chi connectivity index (χ1v) is 11.5. The molecule has 0 saturated heterocycles. The van der Waals surface area contributed by atoms with E-state index in [1.807, 2.05) is 60.7 Å². The molecule has 2 heterocycles. The van der Waals surface area contributed by atoms with Crippen LogP contribution in [0.5, 0.6) is 5.75 Å². The first kappa shape index (κ1) is 21.2. The van der Waals surface area contributed by atoms with Gasteiger partial charge in [0.1, 0.15) is 15.5 Å². The molecule has 0 bridgehead atoms. The molecule has 0 aliphatic carbocycles. The Hall–Kier alpha value is -3.67. The van der Waals surface area contributed by atoms with Crippen molar-refractivity contribution in [3.8, 4) is 28.1 Å². The number of ether oxygens (including phenoxy) is 1. The van der Waals surface area contributed by atoms with E-state index in [1.165, 1.54) is 11.3 Å². The first-order valence-electron chi connectivity index (χ1n) is 10.3. The van der Waals surface area contributed by atoms with E-state index in [2.05, 4.69) is 0 Å². The molecular weight excluding hydrogens is 452 g/mol. The van der Waals surface area contributed by atoms with E-state index in [0.717, 1.165) is 33.5 Å². The fraction of sp³-hybridized carbons (Fsp3) is 0.0370. The third-order valence-electron chi connectivity index (χ3n) is 5.49. The van der Waals surface area contributed by atoms with Gasteiger partial charge in [-0.1, -0.05) is 54.1 Å². The van der Waals surface area contributed by atoms with Crippen LogP contribution in [-0.4, -0.2) is 17.9 Å². The Kier molecular flexibility index (Phi) is 5.58. The number of methoxy groups -OCH3 is 1. The number of hydrogen-bond donors (Lipinski definition) is 1. The van der Waals surface area contributed by atoms with E-state index >= 15 is 0 Å². The summed E-state index contributed by atoms with van der Waals surface area (Å²) in [5, 5.41) is 1.17. The van der Waals surface area contributed by atoms with Crippen LogP contribution in [0, 0.1) is 0 Å². The number of nitrogens with zero attached hydrogens (tertiary/aromatic N) is 1. The Bertz CT molecular complexity index is 1480. The Morgan fingerprint density at radius 3 is 2.33 bits per heavy atom. The summed E-state index contributed by atoms with van der Waals surface area (Å²) in [7, 11) is 1.64. The number of nitrogen functional groups attached to an aromatic ring is 1. The molecule has 162 valence electrons. The molecule has 33 heavy (non-hydrogen) atoms. The summed E-state index contributed by atoms with van der Waals surface area (Å²) in [6.45, 7) is 0. The van der Waals surface area contributed by atoms with Gasteiger partial charge in [-0.25, -0.2) is 4.98 Å². The van der Waals surface area contributed by atoms with Crippen molar-refractivity contribution in [3.63, 3.8) is 0 Å². The van der Waals surface area contributed by atoms with Crippen LogP contribution >= 0.6 is 22.9 Å². The Labute approximate surface area is 200 Å². The van der Waals surface area contributed by atoms with Crippen LogP contribution in [0.1, 0.15) is 15.2 Å². The highest BCUT2D eigenvalue weighted by molar-refractivity contribution is 7.21. The topological polar surface area (TPSA) is 65.2 Å². The molecule has 3 aromatic carbocycles. The third kappa shape index (κ3) is 3.86. The van der Waals surface area contributed by atoms with Crippen molar-refractivity contribution in [1.82, 2.24) is 4.98 Å². The van der Waals surface area contributed by atoms with Gasteiger partial charge < -0.3 is 10.5 Å². The van der Waals surface area contributed by atoms with Crippen LogP contribution in [0.3, 0.4) is 0 Å². The summed E-state index contributed by atoms with van der Waals surface area (Å²) in [5.41, 5.74) is 11.1. The molecule has 0 amide bonds. The minimum Gasteiger partial charge on any atom is -0.497 e. The lowest BCUT2D eigenvalue weighted by atomic mass is 9.99. The van der Waals surface area contributed by atoms with Gasteiger partial charge >= 0.3 is 0 Å². The summed E-state index contributed by atoms with van der Waals surface area (Å²) in [6, 6.07) is 26.7. The molecule has 5 rings (SSSR count). The van der Waals surface area contributed by atoms with Gasteiger partial charge in [0.25, 0.3) is 0 Å². The second-order valence-electron chi connectivity index (χ2n) is 7.48. The maximum atomic E-state index is 13.3. The number of pyridine rings is 1. The van der Waals surface area contributed by atoms with Crippen molar-refractivity contribution in [3.05, 3.63) is 100 Å². The van der Waals surface area contributed by atoms with Gasteiger partial charge in [-0.2, -0.15) is 0 Å². The van der Waals surface area contributed by atoms with Gasteiger partial charge in [0.2, 0.25) is 5.78 Å². The zero-order valence-corrected chi connectivity index (χ0v) is 19.3. The number of fused-ring (bicyclic) bond motifs is 1. The number of aromatic nitrogens is 1. The number of nitrogens with two attached hydrogens (primary N) is 1. The highest BCUT2D eigenvalue weighted by Crippen LogP contribution is 2.42. The lowest BCUT2D eigenvalue weighted by Crippen LogP contribution is -2.02. The van der Waals surface area contributed by atoms with Gasteiger partial charge in [-0.05, 0) is 53.6 Å². The number of carbonyl (C=O) groups excluding carboxylic acids is 1. The van der Waals surface area contributed by atoms with E-state index < -0.39 is 0 Å². The molecule has 0 radical (unpaired) electrons. The van der Waals surface area contributed by atoms with Crippen molar-refractivity contribution in [1.29, 1.82) is 0 Å². The molecule has 0 aliphatic rings. The van der Waals surface area contributed by atoms with Gasteiger partial charge in [0.15, 0.2) is 0 Å². The van der Waals surface area contributed by atoms with Crippen molar-refractivity contribution in [2.24, 2.45) is 0 Å². The number of thiophene rings is 1. The lowest BCUT2D eigenvalue weighted by molar-refractivity contribution is 0.104. The predicted octanol–water partition coefficient (Wildman–Crippen LogP) is 7.11. The van der Waals surface area contributed by atoms with E-state index in [1.54, 1.807) is 31.4 Å². The molecular formula is C27H19ClN2O2S. The number of halogens is 1. The predicted molar refractivity (Wildman–Crippen MR) is 136 cm³/mol. The van der Waals surface area contributed by atoms with Crippen LogP contribution < -0.4 is 10.5 Å². The average molecular weight is 471 g/mol. The Morgan fingerprint density at radius 1 is 0.939 bits per heavy atom. The van der Waals surface area contributed by atoms with E-state index in [0.29, 0.717) is 26.0 Å². The minimum absolute atomic E-state index is 0.203. The second-order valence-corrected chi connectivity index (χ2v) is 8.89. The largest absolute Gasteiger partial charge is 0.497 e. The molecule has 0 saturated carbocycles. The third-order valence-corrected chi connectivity index (χ3v) is 6.92. The summed E-state index contributed by atoms with van der Waals surface area (Å²) < 4.78 is 5.28. The zero-order valence-electron chi connectivity index (χ0n) is 17.7. The molecule has 2 aromatic heterocycles. The number of ketones is 1. The van der Waals surface area contributed by atoms with Crippen LogP contribution in [0.4, 0.5) is 5.69 Å². The van der Waals surface area contributed by atoms with E-state index in [9.17, 15) is 4.79 Å². The Balaban J connectivity index is 1.74. The van der Waals surface area contributed by atoms with Gasteiger partial charge in [0.05, 0.1) is 23.5 Å². The van der Waals surface area contributed by atoms with E-state index in [-0.39, 0.29) is 5.78 Å². The van der Waals surface area contributed by atoms with Gasteiger partial charge in [-0.3, -0.25) is 4.79 Å². The zero-order chi connectivity index (χ0) is 22.9. The first-order chi connectivity index (χ1) is 16.1. The van der Waals surface area contributed by atoms with Gasteiger partial charge in [-0.15, -0.1) is 11.3 Å². The molecule has 0 aliphatic heterocycles. The summed E-state index contributed by atoms with van der Waals surface area (Å²) in [6.07, 6.45) is 0. The normalized spacial score (nSPS) is 11.0. The van der Waals surface area contributed by atoms with Crippen molar-refractivity contribution >= 4 is 44.6 Å². The lowest BCUT2D eigenvalue weighted by Gasteiger charge is -2.09. The van der Waals surface area contributed by atoms with Gasteiger partial charge in [0, 0.05) is 16.5 Å². The monoisotopic (exact) mass is 470 g/mol. The number of anilines is 1. The van der Waals surface area contributed by atoms with Crippen molar-refractivity contribution in [2.45, 2.75) is 0 Å². The molecule has 0 unspecified atom stereocenters. The highest BCUT2D eigenvalue weighted by atomic mass is 35.5. The summed E-state index contributed by atoms with van der Waals surface area (Å²) in [4.78, 5) is 19.4. The standard InChI is InChI=1S/C27H19ClN2O2S/c1-32-18-13-11-17(12-14-18)22-15-20(16-7-3-2-4-8-16)23-24(29)26(33-27(23)30-22)25(31)19-9-5-6-10-21(19)28/h2-15H,29H2,1H3. The molecule has 2 N–H and O–H groups in total.